The van der Waals surface area contributed by atoms with Gasteiger partial charge in [-0.05, 0) is 94.2 Å². The lowest BCUT2D eigenvalue weighted by molar-refractivity contribution is 0.195. The average molecular weight is 571 g/mol. The maximum Gasteiger partial charge on any atom is 0.252 e. The summed E-state index contributed by atoms with van der Waals surface area (Å²) in [5.41, 5.74) is 14.8. The zero-order valence-corrected chi connectivity index (χ0v) is 27.7. The Bertz CT molecular complexity index is 1710. The summed E-state index contributed by atoms with van der Waals surface area (Å²) < 4.78 is 20.5. The van der Waals surface area contributed by atoms with Gasteiger partial charge >= 0.3 is 0 Å². The summed E-state index contributed by atoms with van der Waals surface area (Å²) in [5, 5.41) is 0. The summed E-state index contributed by atoms with van der Waals surface area (Å²) in [4.78, 5) is 5.17. The first-order valence-electron chi connectivity index (χ1n) is 18.2. The number of fused-ring (bicyclic) bond motifs is 10. The Balaban J connectivity index is 1.45. The van der Waals surface area contributed by atoms with Gasteiger partial charge in [0.25, 0.3) is 6.71 Å². The van der Waals surface area contributed by atoms with Crippen LogP contribution in [0.5, 0.6) is 0 Å². The molecule has 2 fully saturated rings. The summed E-state index contributed by atoms with van der Waals surface area (Å²) in [6.45, 7) is 19.3. The van der Waals surface area contributed by atoms with E-state index in [-0.39, 0.29) is 28.5 Å². The molecule has 0 amide bonds. The lowest BCUT2D eigenvalue weighted by Crippen LogP contribution is -2.65. The van der Waals surface area contributed by atoms with E-state index in [9.17, 15) is 2.74 Å². The van der Waals surface area contributed by atoms with Crippen molar-refractivity contribution in [2.24, 2.45) is 0 Å². The number of hydrogen-bond acceptors (Lipinski definition) is 2. The van der Waals surface area contributed by atoms with Crippen LogP contribution in [0.2, 0.25) is 0 Å². The molecule has 0 radical (unpaired) electrons. The third kappa shape index (κ3) is 3.13. The highest BCUT2D eigenvalue weighted by Gasteiger charge is 2.62. The zero-order valence-electron chi connectivity index (χ0n) is 29.7. The molecule has 0 aromatic heterocycles. The van der Waals surface area contributed by atoms with E-state index in [1.807, 2.05) is 0 Å². The first-order chi connectivity index (χ1) is 21.1. The fourth-order valence-corrected chi connectivity index (χ4v) is 10.2. The topological polar surface area (TPSA) is 6.48 Å². The quantitative estimate of drug-likeness (QED) is 0.251. The zero-order chi connectivity index (χ0) is 31.7. The lowest BCUT2D eigenvalue weighted by atomic mass is 9.33. The molecule has 3 aromatic carbocycles. The van der Waals surface area contributed by atoms with Crippen molar-refractivity contribution < 1.29 is 2.74 Å². The van der Waals surface area contributed by atoms with E-state index < -0.39 is 11.9 Å². The second kappa shape index (κ2) is 8.12. The Hall–Kier alpha value is -2.68. The van der Waals surface area contributed by atoms with E-state index in [1.165, 1.54) is 75.9 Å². The summed E-state index contributed by atoms with van der Waals surface area (Å²) in [6, 6.07) is 15.9. The van der Waals surface area contributed by atoms with Crippen LogP contribution in [0.25, 0.3) is 0 Å². The van der Waals surface area contributed by atoms with Gasteiger partial charge in [0.05, 0.1) is 6.91 Å². The van der Waals surface area contributed by atoms with Crippen LogP contribution in [-0.2, 0) is 16.2 Å². The Kier molecular flexibility index (Phi) is 4.65. The van der Waals surface area contributed by atoms with Crippen molar-refractivity contribution in [1.29, 1.82) is 0 Å². The van der Waals surface area contributed by atoms with Gasteiger partial charge in [0.2, 0.25) is 0 Å². The third-order valence-corrected chi connectivity index (χ3v) is 12.8. The van der Waals surface area contributed by atoms with Crippen molar-refractivity contribution in [3.63, 3.8) is 0 Å². The Morgan fingerprint density at radius 2 is 1.44 bits per heavy atom. The molecule has 0 saturated heterocycles. The maximum atomic E-state index is 10.3. The van der Waals surface area contributed by atoms with Crippen LogP contribution >= 0.6 is 0 Å². The van der Waals surface area contributed by atoms with Gasteiger partial charge in [-0.2, -0.15) is 0 Å². The predicted molar refractivity (Wildman–Crippen MR) is 185 cm³/mol. The molecule has 3 heteroatoms. The lowest BCUT2D eigenvalue weighted by Gasteiger charge is -2.52. The molecule has 0 bridgehead atoms. The van der Waals surface area contributed by atoms with Crippen LogP contribution in [0.1, 0.15) is 138 Å². The fraction of sp³-hybridized carbons (Fsp3) is 0.550. The van der Waals surface area contributed by atoms with Crippen LogP contribution in [0, 0.1) is 0 Å². The summed E-state index contributed by atoms with van der Waals surface area (Å²) in [5.74, 6) is -0.946. The van der Waals surface area contributed by atoms with Crippen LogP contribution in [0.4, 0.5) is 22.7 Å². The highest BCUT2D eigenvalue weighted by Crippen LogP contribution is 2.62. The van der Waals surface area contributed by atoms with Gasteiger partial charge in [0.15, 0.2) is 0 Å². The third-order valence-electron chi connectivity index (χ3n) is 12.8. The summed E-state index contributed by atoms with van der Waals surface area (Å²) in [6.07, 6.45) is 8.48. The number of rotatable bonds is 0. The molecule has 0 N–H and O–H groups in total. The smallest absolute Gasteiger partial charge is 0.252 e. The molecular formula is C40H49BN2. The molecule has 4 heterocycles. The van der Waals surface area contributed by atoms with E-state index in [2.05, 4.69) is 108 Å². The van der Waals surface area contributed by atoms with E-state index in [4.69, 9.17) is 0 Å². The number of nitrogens with zero attached hydrogens (tertiary/aromatic N) is 2. The van der Waals surface area contributed by atoms with Gasteiger partial charge in [-0.3, -0.25) is 0 Å². The largest absolute Gasteiger partial charge is 0.338 e. The van der Waals surface area contributed by atoms with E-state index in [1.54, 1.807) is 5.56 Å². The number of hydrogen-bond donors (Lipinski definition) is 0. The minimum Gasteiger partial charge on any atom is -0.338 e. The van der Waals surface area contributed by atoms with Crippen molar-refractivity contribution >= 4 is 45.9 Å². The van der Waals surface area contributed by atoms with Gasteiger partial charge < -0.3 is 9.80 Å². The minimum absolute atomic E-state index is 0.00862. The van der Waals surface area contributed by atoms with Crippen LogP contribution in [-0.4, -0.2) is 18.3 Å². The van der Waals surface area contributed by atoms with Crippen LogP contribution < -0.4 is 26.2 Å². The van der Waals surface area contributed by atoms with E-state index in [0.29, 0.717) is 0 Å². The Morgan fingerprint density at radius 3 is 2.19 bits per heavy atom. The molecule has 4 aliphatic heterocycles. The molecular weight excluding hydrogens is 519 g/mol. The van der Waals surface area contributed by atoms with Gasteiger partial charge in [0, 0.05) is 41.4 Å². The molecule has 2 aliphatic carbocycles. The van der Waals surface area contributed by atoms with Crippen molar-refractivity contribution in [2.75, 3.05) is 9.80 Å². The van der Waals surface area contributed by atoms with Gasteiger partial charge in [-0.15, -0.1) is 0 Å². The molecule has 4 unspecified atom stereocenters. The van der Waals surface area contributed by atoms with Crippen molar-refractivity contribution in [2.45, 2.75) is 140 Å². The van der Waals surface area contributed by atoms with E-state index >= 15 is 0 Å². The maximum absolute atomic E-state index is 10.3. The Morgan fingerprint density at radius 1 is 0.791 bits per heavy atom. The number of benzene rings is 3. The highest BCUT2D eigenvalue weighted by atomic mass is 15.3. The molecule has 222 valence electrons. The van der Waals surface area contributed by atoms with Crippen LogP contribution in [0.15, 0.2) is 42.5 Å². The SMILES string of the molecule is [2H]C12CCCCC1([2H])N1c3cccc4c3B(c3cc(C(C)(C)C)cc2c31)c1cc(C(C)(C)C)cc2c1N4C1(C)CCCCC21C. The standard InChI is InChI=1S/C40H49BN2/c1-37(2,3)24-20-27-26-14-9-10-15-31(26)42-32-16-13-17-33-34(32)41(29(22-24)35(27)42)30-23-25(38(4,5)6)21-28-36(30)43(33)40(8)19-12-11-18-39(28,40)7/h13,16-17,20-23,26,31H,9-12,14-15,18-19H2,1-8H3/i26D,31D. The normalized spacial score (nSPS) is 33.7. The molecule has 4 atom stereocenters. The Labute approximate surface area is 263 Å². The predicted octanol–water partition coefficient (Wildman–Crippen LogP) is 8.34. The van der Waals surface area contributed by atoms with Crippen molar-refractivity contribution in [1.82, 2.24) is 0 Å². The van der Waals surface area contributed by atoms with Crippen LogP contribution in [0.3, 0.4) is 0 Å². The minimum atomic E-state index is -1.01. The first kappa shape index (κ1) is 24.6. The second-order valence-electron chi connectivity index (χ2n) is 17.2. The molecule has 43 heavy (non-hydrogen) atoms. The van der Waals surface area contributed by atoms with Gasteiger partial charge in [-0.1, -0.05) is 104 Å². The monoisotopic (exact) mass is 570 g/mol. The molecule has 6 aliphatic rings. The van der Waals surface area contributed by atoms with Gasteiger partial charge in [-0.25, -0.2) is 0 Å². The molecule has 3 aromatic rings. The highest BCUT2D eigenvalue weighted by molar-refractivity contribution is 7.00. The summed E-state index contributed by atoms with van der Waals surface area (Å²) >= 11 is 0. The molecule has 0 spiro atoms. The molecule has 2 nitrogen and oxygen atoms in total. The first-order valence-corrected chi connectivity index (χ1v) is 17.2. The average Bonchev–Trinajstić information content (AvgIpc) is 3.32. The number of anilines is 4. The van der Waals surface area contributed by atoms with Crippen molar-refractivity contribution in [3.8, 4) is 0 Å². The second-order valence-corrected chi connectivity index (χ2v) is 17.2. The van der Waals surface area contributed by atoms with Gasteiger partial charge in [0.1, 0.15) is 0 Å². The summed E-state index contributed by atoms with van der Waals surface area (Å²) in [7, 11) is 0. The van der Waals surface area contributed by atoms with E-state index in [0.717, 1.165) is 31.2 Å². The molecule has 2 saturated carbocycles. The van der Waals surface area contributed by atoms with Crippen molar-refractivity contribution in [3.05, 3.63) is 64.7 Å². The molecule has 9 rings (SSSR count). The fourth-order valence-electron chi connectivity index (χ4n) is 10.2.